The van der Waals surface area contributed by atoms with Gasteiger partial charge in [0.1, 0.15) is 0 Å². The molecule has 0 heterocycles. The Kier molecular flexibility index (Phi) is 1.37. The second-order valence-corrected chi connectivity index (χ2v) is 4.38. The highest BCUT2D eigenvalue weighted by Gasteiger charge is 2.19. The highest BCUT2D eigenvalue weighted by Crippen LogP contribution is 2.40. The molecule has 0 heteroatoms. The van der Waals surface area contributed by atoms with E-state index in [1.807, 2.05) is 48.5 Å². The lowest BCUT2D eigenvalue weighted by Crippen LogP contribution is -1.81. The van der Waals surface area contributed by atoms with Crippen molar-refractivity contribution in [1.29, 1.82) is 0 Å². The first-order valence-electron chi connectivity index (χ1n) is 6.82. The first kappa shape index (κ1) is 7.29. The Morgan fingerprint density at radius 1 is 0.765 bits per heavy atom. The monoisotopic (exact) mass is 218 g/mol. The van der Waals surface area contributed by atoms with Crippen LogP contribution in [0.5, 0.6) is 0 Å². The summed E-state index contributed by atoms with van der Waals surface area (Å²) in [5.41, 5.74) is 3.65. The molecule has 0 saturated heterocycles. The highest BCUT2D eigenvalue weighted by molar-refractivity contribution is 6.00. The minimum Gasteiger partial charge on any atom is -0.0619 e. The van der Waals surface area contributed by atoms with Crippen molar-refractivity contribution in [2.45, 2.75) is 6.37 Å². The summed E-state index contributed by atoms with van der Waals surface area (Å²) in [6.45, 7) is 0. The number of hydrogen-bond acceptors (Lipinski definition) is 0. The normalized spacial score (nSPS) is 17.2. The van der Waals surface area contributed by atoms with Crippen molar-refractivity contribution in [3.63, 3.8) is 0 Å². The number of fused-ring (bicyclic) bond motifs is 5. The van der Waals surface area contributed by atoms with Crippen molar-refractivity contribution in [1.82, 2.24) is 0 Å². The Balaban J connectivity index is 2.22. The molecule has 3 aromatic rings. The van der Waals surface area contributed by atoms with Crippen molar-refractivity contribution in [2.24, 2.45) is 0 Å². The van der Waals surface area contributed by atoms with Crippen molar-refractivity contribution >= 4 is 10.8 Å². The SMILES string of the molecule is [2H]C1([2H])c2ccccc2-c2c1ccc1ccccc21. The van der Waals surface area contributed by atoms with Gasteiger partial charge < -0.3 is 0 Å². The van der Waals surface area contributed by atoms with Crippen LogP contribution in [0.15, 0.2) is 60.7 Å². The zero-order valence-electron chi connectivity index (χ0n) is 11.3. The molecule has 0 nitrogen and oxygen atoms in total. The van der Waals surface area contributed by atoms with Crippen molar-refractivity contribution in [3.8, 4) is 11.1 Å². The minimum atomic E-state index is -1.39. The van der Waals surface area contributed by atoms with E-state index in [0.717, 1.165) is 33.0 Å². The molecule has 17 heavy (non-hydrogen) atoms. The molecule has 0 aliphatic heterocycles. The third-order valence-electron chi connectivity index (χ3n) is 3.39. The lowest BCUT2D eigenvalue weighted by Gasteiger charge is -2.06. The molecule has 80 valence electrons. The number of hydrogen-bond donors (Lipinski definition) is 0. The van der Waals surface area contributed by atoms with Crippen LogP contribution in [0.3, 0.4) is 0 Å². The highest BCUT2D eigenvalue weighted by atomic mass is 14.2. The molecule has 0 unspecified atom stereocenters. The smallest absolute Gasteiger partial charge is 0.0366 e. The fourth-order valence-corrected chi connectivity index (χ4v) is 2.62. The standard InChI is InChI=1S/C17H12/c1-3-7-15-12(5-1)9-10-14-11-13-6-2-4-8-16(13)17(14)15/h1-10H,11H2/i11D2. The average Bonchev–Trinajstić information content (AvgIpc) is 2.68. The minimum absolute atomic E-state index is 0.779. The maximum absolute atomic E-state index is 8.39. The molecule has 0 atom stereocenters. The van der Waals surface area contributed by atoms with Gasteiger partial charge in [-0.1, -0.05) is 60.7 Å². The van der Waals surface area contributed by atoms with Crippen LogP contribution in [0.2, 0.25) is 0 Å². The van der Waals surface area contributed by atoms with Crippen LogP contribution >= 0.6 is 0 Å². The topological polar surface area (TPSA) is 0 Å². The van der Waals surface area contributed by atoms with Gasteiger partial charge in [-0.3, -0.25) is 0 Å². The summed E-state index contributed by atoms with van der Waals surface area (Å²) < 4.78 is 16.8. The van der Waals surface area contributed by atoms with Gasteiger partial charge >= 0.3 is 0 Å². The Morgan fingerprint density at radius 2 is 1.59 bits per heavy atom. The third kappa shape index (κ3) is 1.18. The summed E-state index contributed by atoms with van der Waals surface area (Å²) in [5, 5.41) is 2.29. The van der Waals surface area contributed by atoms with Gasteiger partial charge in [-0.2, -0.15) is 0 Å². The van der Waals surface area contributed by atoms with Crippen LogP contribution in [-0.4, -0.2) is 0 Å². The van der Waals surface area contributed by atoms with Crippen molar-refractivity contribution in [2.75, 3.05) is 0 Å². The molecule has 0 spiro atoms. The van der Waals surface area contributed by atoms with E-state index < -0.39 is 6.37 Å². The Labute approximate surface area is 103 Å². The lowest BCUT2D eigenvalue weighted by molar-refractivity contribution is 1.27. The third-order valence-corrected chi connectivity index (χ3v) is 3.39. The Bertz CT molecular complexity index is 803. The summed E-state index contributed by atoms with van der Waals surface area (Å²) in [5.74, 6) is 0. The second-order valence-electron chi connectivity index (χ2n) is 4.38. The van der Waals surface area contributed by atoms with Gasteiger partial charge in [0.2, 0.25) is 0 Å². The Morgan fingerprint density at radius 3 is 2.59 bits per heavy atom. The van der Waals surface area contributed by atoms with Gasteiger partial charge in [0.15, 0.2) is 0 Å². The maximum Gasteiger partial charge on any atom is 0.0366 e. The van der Waals surface area contributed by atoms with Gasteiger partial charge in [0, 0.05) is 2.74 Å². The summed E-state index contributed by atoms with van der Waals surface area (Å²) in [6, 6.07) is 19.9. The molecule has 1 aliphatic rings. The maximum atomic E-state index is 8.39. The van der Waals surface area contributed by atoms with Gasteiger partial charge in [0.25, 0.3) is 0 Å². The van der Waals surface area contributed by atoms with E-state index >= 15 is 0 Å². The van der Waals surface area contributed by atoms with E-state index in [0.29, 0.717) is 0 Å². The zero-order chi connectivity index (χ0) is 13.0. The lowest BCUT2D eigenvalue weighted by atomic mass is 9.98. The largest absolute Gasteiger partial charge is 0.0619 e. The summed E-state index contributed by atoms with van der Waals surface area (Å²) in [4.78, 5) is 0. The molecule has 0 radical (unpaired) electrons. The van der Waals surface area contributed by atoms with E-state index in [9.17, 15) is 0 Å². The fraction of sp³-hybridized carbons (Fsp3) is 0.0588. The van der Waals surface area contributed by atoms with Gasteiger partial charge in [0.05, 0.1) is 0 Å². The molecule has 0 fully saturated rings. The van der Waals surface area contributed by atoms with Gasteiger partial charge in [-0.25, -0.2) is 0 Å². The van der Waals surface area contributed by atoms with Gasteiger partial charge in [-0.15, -0.1) is 0 Å². The summed E-state index contributed by atoms with van der Waals surface area (Å²) >= 11 is 0. The van der Waals surface area contributed by atoms with Crippen molar-refractivity contribution < 1.29 is 2.74 Å². The van der Waals surface area contributed by atoms with Crippen molar-refractivity contribution in [3.05, 3.63) is 71.8 Å². The van der Waals surface area contributed by atoms with E-state index in [2.05, 4.69) is 12.1 Å². The molecular formula is C17H12. The van der Waals surface area contributed by atoms with Gasteiger partial charge in [-0.05, 0) is 39.4 Å². The van der Waals surface area contributed by atoms with Crippen LogP contribution in [0.4, 0.5) is 0 Å². The van der Waals surface area contributed by atoms with Crippen LogP contribution < -0.4 is 0 Å². The number of rotatable bonds is 0. The first-order chi connectivity index (χ1) is 9.19. The molecule has 4 rings (SSSR count). The van der Waals surface area contributed by atoms with E-state index in [4.69, 9.17) is 2.74 Å². The molecule has 3 aromatic carbocycles. The summed E-state index contributed by atoms with van der Waals surface area (Å²) in [7, 11) is 0. The van der Waals surface area contributed by atoms with E-state index in [1.165, 1.54) is 0 Å². The molecular weight excluding hydrogens is 204 g/mol. The predicted octanol–water partition coefficient (Wildman–Crippen LogP) is 4.41. The van der Waals surface area contributed by atoms with Crippen LogP contribution in [0, 0.1) is 0 Å². The second kappa shape index (κ2) is 3.21. The zero-order valence-corrected chi connectivity index (χ0v) is 9.27. The molecule has 0 amide bonds. The summed E-state index contributed by atoms with van der Waals surface area (Å²) in [6.07, 6.45) is -1.39. The van der Waals surface area contributed by atoms with Crippen LogP contribution in [-0.2, 0) is 6.37 Å². The first-order valence-corrected chi connectivity index (χ1v) is 5.82. The molecule has 0 saturated carbocycles. The molecule has 0 bridgehead atoms. The van der Waals surface area contributed by atoms with Crippen LogP contribution in [0.1, 0.15) is 13.9 Å². The predicted molar refractivity (Wildman–Crippen MR) is 72.2 cm³/mol. The average molecular weight is 218 g/mol. The molecule has 0 N–H and O–H groups in total. The van der Waals surface area contributed by atoms with Crippen LogP contribution in [0.25, 0.3) is 21.9 Å². The quantitative estimate of drug-likeness (QED) is 0.524. The van der Waals surface area contributed by atoms with E-state index in [1.54, 1.807) is 0 Å². The van der Waals surface area contributed by atoms with E-state index in [-0.39, 0.29) is 0 Å². The fourth-order valence-electron chi connectivity index (χ4n) is 2.62. The Hall–Kier alpha value is -2.08. The molecule has 0 aromatic heterocycles. The number of benzene rings is 3. The molecule has 1 aliphatic carbocycles.